The molecule has 5 heteroatoms. The Morgan fingerprint density at radius 3 is 2.62 bits per heavy atom. The van der Waals surface area contributed by atoms with E-state index in [1.807, 2.05) is 0 Å². The Labute approximate surface area is 103 Å². The second-order valence-electron chi connectivity index (χ2n) is 4.08. The van der Waals surface area contributed by atoms with Crippen LogP contribution in [-0.4, -0.2) is 23.2 Å². The molecular formula is C11H14ClNO2S. The Balaban J connectivity index is 1.88. The van der Waals surface area contributed by atoms with Crippen molar-refractivity contribution in [2.75, 3.05) is 0 Å². The van der Waals surface area contributed by atoms with Crippen LogP contribution in [0.2, 0.25) is 4.34 Å². The molecule has 1 fully saturated rings. The van der Waals surface area contributed by atoms with Gasteiger partial charge in [0.05, 0.1) is 15.3 Å². The zero-order valence-electron chi connectivity index (χ0n) is 8.78. The molecule has 2 N–H and O–H groups in total. The first-order chi connectivity index (χ1) is 7.65. The van der Waals surface area contributed by atoms with Crippen molar-refractivity contribution in [3.63, 3.8) is 0 Å². The van der Waals surface area contributed by atoms with E-state index in [0.29, 0.717) is 9.21 Å². The molecule has 3 nitrogen and oxygen atoms in total. The maximum atomic E-state index is 11.8. The van der Waals surface area contributed by atoms with Crippen molar-refractivity contribution in [3.05, 3.63) is 21.3 Å². The molecule has 1 amide bonds. The molecule has 0 radical (unpaired) electrons. The zero-order chi connectivity index (χ0) is 11.5. The molecule has 0 aliphatic heterocycles. The fraction of sp³-hybridized carbons (Fsp3) is 0.545. The van der Waals surface area contributed by atoms with Gasteiger partial charge in [0.15, 0.2) is 0 Å². The average molecular weight is 260 g/mol. The van der Waals surface area contributed by atoms with Crippen molar-refractivity contribution in [2.45, 2.75) is 37.8 Å². The van der Waals surface area contributed by atoms with Crippen LogP contribution in [0.4, 0.5) is 0 Å². The highest BCUT2D eigenvalue weighted by atomic mass is 35.5. The number of hydrogen-bond acceptors (Lipinski definition) is 3. The molecule has 2 rings (SSSR count). The van der Waals surface area contributed by atoms with Crippen LogP contribution in [0.3, 0.4) is 0 Å². The van der Waals surface area contributed by atoms with Crippen LogP contribution < -0.4 is 5.32 Å². The number of carbonyl (C=O) groups is 1. The Hall–Kier alpha value is -0.580. The smallest absolute Gasteiger partial charge is 0.261 e. The molecule has 88 valence electrons. The van der Waals surface area contributed by atoms with Crippen molar-refractivity contribution in [3.8, 4) is 0 Å². The highest BCUT2D eigenvalue weighted by Gasteiger charge is 2.21. The van der Waals surface area contributed by atoms with Gasteiger partial charge in [0.25, 0.3) is 5.91 Å². The fourth-order valence-corrected chi connectivity index (χ4v) is 2.86. The molecule has 0 unspecified atom stereocenters. The van der Waals surface area contributed by atoms with Gasteiger partial charge in [-0.15, -0.1) is 11.3 Å². The summed E-state index contributed by atoms with van der Waals surface area (Å²) in [6.07, 6.45) is 3.06. The van der Waals surface area contributed by atoms with Crippen LogP contribution >= 0.6 is 22.9 Å². The van der Waals surface area contributed by atoms with E-state index < -0.39 is 0 Å². The minimum absolute atomic E-state index is 0.0571. The first-order valence-electron chi connectivity index (χ1n) is 5.39. The van der Waals surface area contributed by atoms with Gasteiger partial charge in [0.2, 0.25) is 0 Å². The maximum Gasteiger partial charge on any atom is 0.261 e. The van der Waals surface area contributed by atoms with Crippen LogP contribution in [0.1, 0.15) is 35.4 Å². The average Bonchev–Trinajstić information content (AvgIpc) is 2.68. The number of aliphatic hydroxyl groups is 1. The normalized spacial score (nSPS) is 25.4. The van der Waals surface area contributed by atoms with Gasteiger partial charge in [-0.05, 0) is 37.8 Å². The Morgan fingerprint density at radius 2 is 2.06 bits per heavy atom. The molecule has 1 saturated carbocycles. The molecule has 0 saturated heterocycles. The number of thiophene rings is 1. The quantitative estimate of drug-likeness (QED) is 0.857. The van der Waals surface area contributed by atoms with Crippen molar-refractivity contribution >= 4 is 28.8 Å². The number of rotatable bonds is 2. The van der Waals surface area contributed by atoms with E-state index in [1.165, 1.54) is 11.3 Å². The highest BCUT2D eigenvalue weighted by Crippen LogP contribution is 2.23. The lowest BCUT2D eigenvalue weighted by molar-refractivity contribution is 0.0871. The van der Waals surface area contributed by atoms with Gasteiger partial charge in [-0.3, -0.25) is 4.79 Å². The highest BCUT2D eigenvalue weighted by molar-refractivity contribution is 7.17. The molecule has 1 aliphatic rings. The molecule has 0 bridgehead atoms. The Morgan fingerprint density at radius 1 is 1.38 bits per heavy atom. The monoisotopic (exact) mass is 259 g/mol. The van der Waals surface area contributed by atoms with Gasteiger partial charge < -0.3 is 10.4 Å². The van der Waals surface area contributed by atoms with Crippen LogP contribution in [0.15, 0.2) is 12.1 Å². The van der Waals surface area contributed by atoms with E-state index in [4.69, 9.17) is 11.6 Å². The summed E-state index contributed by atoms with van der Waals surface area (Å²) in [6.45, 7) is 0. The van der Waals surface area contributed by atoms with Crippen molar-refractivity contribution in [1.82, 2.24) is 5.32 Å². The number of hydrogen-bond donors (Lipinski definition) is 2. The topological polar surface area (TPSA) is 49.3 Å². The van der Waals surface area contributed by atoms with E-state index in [9.17, 15) is 9.90 Å². The second-order valence-corrected chi connectivity index (χ2v) is 5.80. The van der Waals surface area contributed by atoms with E-state index in [2.05, 4.69) is 5.32 Å². The van der Waals surface area contributed by atoms with Crippen molar-refractivity contribution in [2.24, 2.45) is 0 Å². The van der Waals surface area contributed by atoms with Crippen LogP contribution in [0, 0.1) is 0 Å². The van der Waals surface area contributed by atoms with Crippen LogP contribution in [0.25, 0.3) is 0 Å². The van der Waals surface area contributed by atoms with E-state index in [-0.39, 0.29) is 18.1 Å². The molecule has 1 aliphatic carbocycles. The minimum Gasteiger partial charge on any atom is -0.393 e. The van der Waals surface area contributed by atoms with Crippen LogP contribution in [0.5, 0.6) is 0 Å². The SMILES string of the molecule is O=C(NC1CCC(O)CC1)c1ccc(Cl)s1. The third-order valence-electron chi connectivity index (χ3n) is 2.83. The van der Waals surface area contributed by atoms with E-state index in [1.54, 1.807) is 12.1 Å². The molecule has 0 aromatic carbocycles. The van der Waals surface area contributed by atoms with Gasteiger partial charge in [0.1, 0.15) is 0 Å². The summed E-state index contributed by atoms with van der Waals surface area (Å²) >= 11 is 7.06. The van der Waals surface area contributed by atoms with Gasteiger partial charge in [-0.1, -0.05) is 11.6 Å². The Bertz CT molecular complexity index is 372. The molecule has 1 aromatic rings. The number of nitrogens with one attached hydrogen (secondary N) is 1. The molecular weight excluding hydrogens is 246 g/mol. The summed E-state index contributed by atoms with van der Waals surface area (Å²) in [6, 6.07) is 3.66. The molecule has 1 aromatic heterocycles. The predicted molar refractivity (Wildman–Crippen MR) is 65.1 cm³/mol. The minimum atomic E-state index is -0.190. The summed E-state index contributed by atoms with van der Waals surface area (Å²) in [7, 11) is 0. The lowest BCUT2D eigenvalue weighted by atomic mass is 9.93. The van der Waals surface area contributed by atoms with Gasteiger partial charge in [-0.2, -0.15) is 0 Å². The molecule has 0 spiro atoms. The maximum absolute atomic E-state index is 11.8. The summed E-state index contributed by atoms with van der Waals surface area (Å²) < 4.78 is 0.629. The fourth-order valence-electron chi connectivity index (χ4n) is 1.91. The molecule has 16 heavy (non-hydrogen) atoms. The van der Waals surface area contributed by atoms with Gasteiger partial charge in [-0.25, -0.2) is 0 Å². The third-order valence-corrected chi connectivity index (χ3v) is 4.06. The van der Waals surface area contributed by atoms with Crippen molar-refractivity contribution in [1.29, 1.82) is 0 Å². The first-order valence-corrected chi connectivity index (χ1v) is 6.59. The number of carbonyl (C=O) groups excluding carboxylic acids is 1. The van der Waals surface area contributed by atoms with E-state index >= 15 is 0 Å². The van der Waals surface area contributed by atoms with Crippen LogP contribution in [-0.2, 0) is 0 Å². The van der Waals surface area contributed by atoms with E-state index in [0.717, 1.165) is 25.7 Å². The third kappa shape index (κ3) is 2.97. The molecule has 1 heterocycles. The summed E-state index contributed by atoms with van der Waals surface area (Å²) in [5, 5.41) is 12.3. The zero-order valence-corrected chi connectivity index (χ0v) is 10.4. The Kier molecular flexibility index (Phi) is 3.84. The lowest BCUT2D eigenvalue weighted by Crippen LogP contribution is -2.38. The number of halogens is 1. The summed E-state index contributed by atoms with van der Waals surface area (Å²) in [5.41, 5.74) is 0. The summed E-state index contributed by atoms with van der Waals surface area (Å²) in [5.74, 6) is -0.0571. The largest absolute Gasteiger partial charge is 0.393 e. The second kappa shape index (κ2) is 5.17. The van der Waals surface area contributed by atoms with Gasteiger partial charge >= 0.3 is 0 Å². The molecule has 0 atom stereocenters. The predicted octanol–water partition coefficient (Wildman–Crippen LogP) is 2.43. The summed E-state index contributed by atoms with van der Waals surface area (Å²) in [4.78, 5) is 12.4. The standard InChI is InChI=1S/C11H14ClNO2S/c12-10-6-5-9(16-10)11(15)13-7-1-3-8(14)4-2-7/h5-8,14H,1-4H2,(H,13,15). The lowest BCUT2D eigenvalue weighted by Gasteiger charge is -2.25. The number of aliphatic hydroxyl groups excluding tert-OH is 1. The van der Waals surface area contributed by atoms with Gasteiger partial charge in [0, 0.05) is 6.04 Å². The number of amides is 1. The first kappa shape index (κ1) is 11.9. The van der Waals surface area contributed by atoms with Crippen molar-refractivity contribution < 1.29 is 9.90 Å².